The number of nitrogens with one attached hydrogen (secondary N) is 2. The highest BCUT2D eigenvalue weighted by atomic mass is 35.5. The Hall–Kier alpha value is -2.12. The van der Waals surface area contributed by atoms with E-state index in [0.717, 1.165) is 0 Å². The van der Waals surface area contributed by atoms with Crippen LogP contribution < -0.4 is 10.1 Å². The molecule has 6 nitrogen and oxygen atoms in total. The number of nitrogens with zero attached hydrogens (tertiary/aromatic N) is 1. The van der Waals surface area contributed by atoms with Gasteiger partial charge in [0.1, 0.15) is 11.9 Å². The Labute approximate surface area is 136 Å². The van der Waals surface area contributed by atoms with E-state index < -0.39 is 5.82 Å². The van der Waals surface area contributed by atoms with Crippen molar-refractivity contribution in [3.05, 3.63) is 47.0 Å². The molecule has 2 atom stereocenters. The second-order valence-corrected chi connectivity index (χ2v) is 5.63. The van der Waals surface area contributed by atoms with Gasteiger partial charge in [-0.1, -0.05) is 17.7 Å². The minimum absolute atomic E-state index is 0.000618. The van der Waals surface area contributed by atoms with Gasteiger partial charge >= 0.3 is 0 Å². The molecule has 0 radical (unpaired) electrons. The lowest BCUT2D eigenvalue weighted by atomic mass is 10.1. The maximum atomic E-state index is 13.1. The molecule has 2 N–H and O–H groups in total. The van der Waals surface area contributed by atoms with Gasteiger partial charge in [0.05, 0.1) is 43.1 Å². The highest BCUT2D eigenvalue weighted by Crippen LogP contribution is 2.18. The van der Waals surface area contributed by atoms with E-state index in [4.69, 9.17) is 21.1 Å². The van der Waals surface area contributed by atoms with Gasteiger partial charge in [-0.3, -0.25) is 9.89 Å². The molecule has 8 heteroatoms. The fourth-order valence-electron chi connectivity index (χ4n) is 2.36. The van der Waals surface area contributed by atoms with Crippen molar-refractivity contribution in [2.24, 2.45) is 0 Å². The topological polar surface area (TPSA) is 76.2 Å². The van der Waals surface area contributed by atoms with Crippen molar-refractivity contribution in [2.45, 2.75) is 18.6 Å². The fraction of sp³-hybridized carbons (Fsp3) is 0.333. The fourth-order valence-corrected chi connectivity index (χ4v) is 2.56. The predicted molar refractivity (Wildman–Crippen MR) is 80.9 cm³/mol. The average molecular weight is 340 g/mol. The zero-order chi connectivity index (χ0) is 16.2. The number of amides is 1. The molecule has 0 bridgehead atoms. The average Bonchev–Trinajstić information content (AvgIpc) is 3.16. The quantitative estimate of drug-likeness (QED) is 0.869. The van der Waals surface area contributed by atoms with Gasteiger partial charge < -0.3 is 14.8 Å². The van der Waals surface area contributed by atoms with Gasteiger partial charge in [0.2, 0.25) is 5.91 Å². The predicted octanol–water partition coefficient (Wildman–Crippen LogP) is 1.71. The third kappa shape index (κ3) is 4.00. The van der Waals surface area contributed by atoms with Gasteiger partial charge in [-0.25, -0.2) is 4.39 Å². The molecule has 1 aromatic carbocycles. The van der Waals surface area contributed by atoms with Crippen LogP contribution in [-0.2, 0) is 16.0 Å². The smallest absolute Gasteiger partial charge is 0.224 e. The summed E-state index contributed by atoms with van der Waals surface area (Å²) in [5.74, 6) is -0.123. The number of aromatic amines is 1. The summed E-state index contributed by atoms with van der Waals surface area (Å²) >= 11 is 5.71. The summed E-state index contributed by atoms with van der Waals surface area (Å²) in [6, 6.07) is 3.97. The highest BCUT2D eigenvalue weighted by molar-refractivity contribution is 6.30. The molecule has 2 aromatic rings. The Balaban J connectivity index is 1.57. The summed E-state index contributed by atoms with van der Waals surface area (Å²) < 4.78 is 24.2. The minimum Gasteiger partial charge on any atom is -0.482 e. The second kappa shape index (κ2) is 6.97. The molecule has 1 aliphatic heterocycles. The number of benzene rings is 1. The van der Waals surface area contributed by atoms with E-state index in [1.165, 1.54) is 18.2 Å². The van der Waals surface area contributed by atoms with Crippen molar-refractivity contribution in [2.75, 3.05) is 13.2 Å². The van der Waals surface area contributed by atoms with Gasteiger partial charge in [0, 0.05) is 0 Å². The molecular weight excluding hydrogens is 325 g/mol. The molecule has 1 amide bonds. The van der Waals surface area contributed by atoms with Gasteiger partial charge in [0.25, 0.3) is 0 Å². The Morgan fingerprint density at radius 2 is 2.39 bits per heavy atom. The Bertz CT molecular complexity index is 681. The van der Waals surface area contributed by atoms with Crippen molar-refractivity contribution in [1.82, 2.24) is 15.5 Å². The SMILES string of the molecule is O=C(Cc1ccc(F)c(Cl)c1)N[C@H]1COC[C@H]1Oc1cn[nH]c1. The van der Waals surface area contributed by atoms with Crippen LogP contribution in [0.3, 0.4) is 0 Å². The monoisotopic (exact) mass is 339 g/mol. The lowest BCUT2D eigenvalue weighted by Gasteiger charge is -2.19. The van der Waals surface area contributed by atoms with Crippen LogP contribution in [-0.4, -0.2) is 41.5 Å². The second-order valence-electron chi connectivity index (χ2n) is 5.23. The first-order valence-corrected chi connectivity index (χ1v) is 7.46. The summed E-state index contributed by atoms with van der Waals surface area (Å²) in [7, 11) is 0. The maximum absolute atomic E-state index is 13.1. The molecule has 3 rings (SSSR count). The number of aromatic nitrogens is 2. The number of carbonyl (C=O) groups is 1. The molecule has 0 aliphatic carbocycles. The Morgan fingerprint density at radius 3 is 3.13 bits per heavy atom. The Morgan fingerprint density at radius 1 is 1.52 bits per heavy atom. The molecule has 0 saturated carbocycles. The van der Waals surface area contributed by atoms with Gasteiger partial charge in [0.15, 0.2) is 5.75 Å². The number of hydrogen-bond acceptors (Lipinski definition) is 4. The number of halogens is 2. The van der Waals surface area contributed by atoms with E-state index >= 15 is 0 Å². The van der Waals surface area contributed by atoms with E-state index in [2.05, 4.69) is 15.5 Å². The molecule has 0 unspecified atom stereocenters. The molecule has 2 heterocycles. The zero-order valence-electron chi connectivity index (χ0n) is 12.1. The van der Waals surface area contributed by atoms with Crippen LogP contribution in [0.1, 0.15) is 5.56 Å². The molecule has 1 fully saturated rings. The van der Waals surface area contributed by atoms with Crippen LogP contribution in [0.5, 0.6) is 5.75 Å². The van der Waals surface area contributed by atoms with Gasteiger partial charge in [-0.05, 0) is 17.7 Å². The van der Waals surface area contributed by atoms with E-state index in [1.807, 2.05) is 0 Å². The number of rotatable bonds is 5. The molecule has 1 saturated heterocycles. The number of ether oxygens (including phenoxy) is 2. The lowest BCUT2D eigenvalue weighted by Crippen LogP contribution is -2.45. The number of carbonyl (C=O) groups excluding carboxylic acids is 1. The molecule has 1 aliphatic rings. The summed E-state index contributed by atoms with van der Waals surface area (Å²) in [5, 5.41) is 9.32. The van der Waals surface area contributed by atoms with Crippen molar-refractivity contribution in [3.8, 4) is 5.75 Å². The van der Waals surface area contributed by atoms with Crippen LogP contribution in [0, 0.1) is 5.82 Å². The van der Waals surface area contributed by atoms with E-state index in [-0.39, 0.29) is 29.5 Å². The van der Waals surface area contributed by atoms with Gasteiger partial charge in [-0.15, -0.1) is 0 Å². The normalized spacial score (nSPS) is 20.4. The van der Waals surface area contributed by atoms with Crippen LogP contribution in [0.4, 0.5) is 4.39 Å². The third-order valence-electron chi connectivity index (χ3n) is 3.48. The van der Waals surface area contributed by atoms with Crippen molar-refractivity contribution < 1.29 is 18.7 Å². The first kappa shape index (κ1) is 15.8. The van der Waals surface area contributed by atoms with E-state index in [1.54, 1.807) is 12.4 Å². The highest BCUT2D eigenvalue weighted by Gasteiger charge is 2.31. The first-order valence-electron chi connectivity index (χ1n) is 7.08. The molecule has 122 valence electrons. The largest absolute Gasteiger partial charge is 0.482 e. The Kier molecular flexibility index (Phi) is 4.78. The maximum Gasteiger partial charge on any atom is 0.224 e. The van der Waals surface area contributed by atoms with Crippen LogP contribution >= 0.6 is 11.6 Å². The molecule has 1 aromatic heterocycles. The molecule has 0 spiro atoms. The minimum atomic E-state index is -0.506. The lowest BCUT2D eigenvalue weighted by molar-refractivity contribution is -0.121. The number of H-pyrrole nitrogens is 1. The molecular formula is C15H15ClFN3O3. The summed E-state index contributed by atoms with van der Waals surface area (Å²) in [6.45, 7) is 0.761. The van der Waals surface area contributed by atoms with E-state index in [9.17, 15) is 9.18 Å². The van der Waals surface area contributed by atoms with E-state index in [0.29, 0.717) is 24.5 Å². The van der Waals surface area contributed by atoms with Gasteiger partial charge in [-0.2, -0.15) is 5.10 Å². The molecule has 23 heavy (non-hydrogen) atoms. The van der Waals surface area contributed by atoms with Crippen LogP contribution in [0.2, 0.25) is 5.02 Å². The summed E-state index contributed by atoms with van der Waals surface area (Å²) in [6.07, 6.45) is 3.00. The van der Waals surface area contributed by atoms with Crippen LogP contribution in [0.15, 0.2) is 30.6 Å². The summed E-state index contributed by atoms with van der Waals surface area (Å²) in [5.41, 5.74) is 0.639. The first-order chi connectivity index (χ1) is 11.1. The summed E-state index contributed by atoms with van der Waals surface area (Å²) in [4.78, 5) is 12.1. The van der Waals surface area contributed by atoms with Crippen molar-refractivity contribution in [3.63, 3.8) is 0 Å². The zero-order valence-corrected chi connectivity index (χ0v) is 12.8. The van der Waals surface area contributed by atoms with Crippen molar-refractivity contribution in [1.29, 1.82) is 0 Å². The standard InChI is InChI=1S/C15H15ClFN3O3/c16-11-3-9(1-2-12(11)17)4-15(21)20-13-7-22-8-14(13)23-10-5-18-19-6-10/h1-3,5-6,13-14H,4,7-8H2,(H,18,19)(H,20,21)/t13-,14+/m0/s1. The van der Waals surface area contributed by atoms with Crippen molar-refractivity contribution >= 4 is 17.5 Å². The van der Waals surface area contributed by atoms with Crippen LogP contribution in [0.25, 0.3) is 0 Å². The number of hydrogen-bond donors (Lipinski definition) is 2. The third-order valence-corrected chi connectivity index (χ3v) is 3.77.